The van der Waals surface area contributed by atoms with E-state index in [1.165, 1.54) is 0 Å². The maximum absolute atomic E-state index is 13.5. The fourth-order valence-electron chi connectivity index (χ4n) is 3.89. The number of nitrogens with one attached hydrogen (secondary N) is 2. The van der Waals surface area contributed by atoms with Crippen molar-refractivity contribution in [3.05, 3.63) is 29.5 Å². The Hall–Kier alpha value is -3.25. The number of aromatic nitrogens is 4. The van der Waals surface area contributed by atoms with Crippen molar-refractivity contribution in [2.45, 2.75) is 52.6 Å². The Morgan fingerprint density at radius 3 is 2.68 bits per heavy atom. The Bertz CT molecular complexity index is 1230. The molecular weight excluding hydrogens is 494 g/mol. The lowest BCUT2D eigenvalue weighted by Gasteiger charge is -2.32. The zero-order valence-electron chi connectivity index (χ0n) is 22.0. The lowest BCUT2D eigenvalue weighted by Crippen LogP contribution is -2.47. The zero-order valence-corrected chi connectivity index (χ0v) is 22.8. The molecule has 1 aliphatic heterocycles. The van der Waals surface area contributed by atoms with Crippen LogP contribution in [0.4, 0.5) is 10.6 Å². The van der Waals surface area contributed by atoms with Gasteiger partial charge in [0.05, 0.1) is 18.4 Å². The van der Waals surface area contributed by atoms with E-state index in [0.29, 0.717) is 49.9 Å². The highest BCUT2D eigenvalue weighted by atomic mass is 32.1. The van der Waals surface area contributed by atoms with Crippen molar-refractivity contribution in [1.82, 2.24) is 29.8 Å². The van der Waals surface area contributed by atoms with Crippen LogP contribution in [-0.4, -0.2) is 82.0 Å². The number of ether oxygens (including phenoxy) is 2. The second kappa shape index (κ2) is 11.4. The number of thiazole rings is 1. The van der Waals surface area contributed by atoms with Crippen molar-refractivity contribution in [2.24, 2.45) is 5.41 Å². The number of piperidine rings is 1. The molecule has 4 heterocycles. The molecule has 0 bridgehead atoms. The molecule has 37 heavy (non-hydrogen) atoms. The molecular formula is C25H35N7O4S. The molecule has 200 valence electrons. The van der Waals surface area contributed by atoms with Crippen LogP contribution in [0.15, 0.2) is 23.8 Å². The fourth-order valence-corrected chi connectivity index (χ4v) is 4.68. The summed E-state index contributed by atoms with van der Waals surface area (Å²) in [5.74, 6) is 0.898. The van der Waals surface area contributed by atoms with E-state index < -0.39 is 6.09 Å². The first-order valence-electron chi connectivity index (χ1n) is 12.4. The van der Waals surface area contributed by atoms with Crippen LogP contribution < -0.4 is 10.6 Å². The predicted octanol–water partition coefficient (Wildman–Crippen LogP) is 3.68. The highest BCUT2D eigenvalue weighted by Gasteiger charge is 2.28. The van der Waals surface area contributed by atoms with Crippen molar-refractivity contribution >= 4 is 34.0 Å². The molecule has 11 nitrogen and oxygen atoms in total. The first-order chi connectivity index (χ1) is 17.7. The Balaban J connectivity index is 1.51. The van der Waals surface area contributed by atoms with Gasteiger partial charge in [-0.2, -0.15) is 5.10 Å². The fraction of sp³-hybridized carbons (Fsp3) is 0.560. The molecule has 3 aromatic rings. The Morgan fingerprint density at radius 2 is 1.97 bits per heavy atom. The number of hydrogen-bond acceptors (Lipinski definition) is 9. The van der Waals surface area contributed by atoms with Gasteiger partial charge in [-0.05, 0) is 25.2 Å². The topological polar surface area (TPSA) is 123 Å². The highest BCUT2D eigenvalue weighted by Crippen LogP contribution is 2.28. The average molecular weight is 530 g/mol. The van der Waals surface area contributed by atoms with E-state index in [0.717, 1.165) is 10.4 Å². The van der Waals surface area contributed by atoms with E-state index >= 15 is 0 Å². The maximum atomic E-state index is 13.5. The van der Waals surface area contributed by atoms with Crippen molar-refractivity contribution in [2.75, 3.05) is 38.7 Å². The van der Waals surface area contributed by atoms with Crippen molar-refractivity contribution < 1.29 is 19.1 Å². The maximum Gasteiger partial charge on any atom is 0.407 e. The standard InChI is InChI=1S/C25H35N7O4S/c1-16(25(2,3)4)27-20-14-19(29-21(30-20)18-15-26-32-10-13-37-23(18)32)22(33)31-8-6-17(7-9-31)28-24(34)36-12-11-35-5/h10,13-17H,6-9,11-12H2,1-5H3,(H,28,34)(H,27,29,30)/t16-/m0/s1. The SMILES string of the molecule is COCCOC(=O)NC1CCN(C(=O)c2cc(N[C@@H](C)C(C)(C)C)nc(-c3cnn4ccsc34)n2)CC1. The molecule has 4 rings (SSSR count). The molecule has 2 N–H and O–H groups in total. The van der Waals surface area contributed by atoms with Gasteiger partial charge in [-0.25, -0.2) is 19.3 Å². The quantitative estimate of drug-likeness (QED) is 0.424. The summed E-state index contributed by atoms with van der Waals surface area (Å²) >= 11 is 1.55. The second-order valence-electron chi connectivity index (χ2n) is 10.2. The van der Waals surface area contributed by atoms with Crippen molar-refractivity contribution in [3.8, 4) is 11.4 Å². The molecule has 1 atom stereocenters. The third-order valence-electron chi connectivity index (χ3n) is 6.61. The molecule has 1 fully saturated rings. The number of rotatable bonds is 8. The number of carbonyl (C=O) groups excluding carboxylic acids is 2. The minimum atomic E-state index is -0.466. The second-order valence-corrected chi connectivity index (χ2v) is 11.1. The number of amides is 2. The van der Waals surface area contributed by atoms with Crippen LogP contribution in [0.3, 0.4) is 0 Å². The number of methoxy groups -OCH3 is 1. The monoisotopic (exact) mass is 529 g/mol. The number of alkyl carbamates (subject to hydrolysis) is 1. The van der Waals surface area contributed by atoms with Crippen LogP contribution in [0.5, 0.6) is 0 Å². The summed E-state index contributed by atoms with van der Waals surface area (Å²) in [4.78, 5) is 37.6. The smallest absolute Gasteiger partial charge is 0.407 e. The van der Waals surface area contributed by atoms with Gasteiger partial charge in [0, 0.05) is 49.9 Å². The number of anilines is 1. The summed E-state index contributed by atoms with van der Waals surface area (Å²) in [5, 5.41) is 12.7. The van der Waals surface area contributed by atoms with Gasteiger partial charge in [0.15, 0.2) is 5.82 Å². The molecule has 2 amide bonds. The molecule has 0 aromatic carbocycles. The van der Waals surface area contributed by atoms with Gasteiger partial charge in [0.1, 0.15) is 22.9 Å². The number of fused-ring (bicyclic) bond motifs is 1. The highest BCUT2D eigenvalue weighted by molar-refractivity contribution is 7.16. The summed E-state index contributed by atoms with van der Waals surface area (Å²) in [6.45, 7) is 10.1. The van der Waals surface area contributed by atoms with Crippen LogP contribution in [0.2, 0.25) is 0 Å². The molecule has 1 aliphatic rings. The van der Waals surface area contributed by atoms with E-state index in [4.69, 9.17) is 14.5 Å². The number of carbonyl (C=O) groups is 2. The third-order valence-corrected chi connectivity index (χ3v) is 7.49. The summed E-state index contributed by atoms with van der Waals surface area (Å²) in [7, 11) is 1.55. The van der Waals surface area contributed by atoms with Crippen LogP contribution in [0, 0.1) is 5.41 Å². The normalized spacial score (nSPS) is 15.5. The molecule has 0 spiro atoms. The van der Waals surface area contributed by atoms with E-state index in [2.05, 4.69) is 48.4 Å². The van der Waals surface area contributed by atoms with Crippen LogP contribution in [-0.2, 0) is 9.47 Å². The summed E-state index contributed by atoms with van der Waals surface area (Å²) in [6, 6.07) is 1.78. The lowest BCUT2D eigenvalue weighted by molar-refractivity contribution is 0.0687. The summed E-state index contributed by atoms with van der Waals surface area (Å²) in [5.41, 5.74) is 1.11. The van der Waals surface area contributed by atoms with E-state index in [-0.39, 0.29) is 30.0 Å². The summed E-state index contributed by atoms with van der Waals surface area (Å²) < 4.78 is 11.8. The number of nitrogens with zero attached hydrogens (tertiary/aromatic N) is 5. The van der Waals surface area contributed by atoms with E-state index in [1.54, 1.807) is 40.1 Å². The minimum Gasteiger partial charge on any atom is -0.447 e. The largest absolute Gasteiger partial charge is 0.447 e. The van der Waals surface area contributed by atoms with Crippen LogP contribution in [0.25, 0.3) is 16.2 Å². The average Bonchev–Trinajstić information content (AvgIpc) is 3.48. The first kappa shape index (κ1) is 26.8. The van der Waals surface area contributed by atoms with E-state index in [9.17, 15) is 9.59 Å². The third kappa shape index (κ3) is 6.55. The van der Waals surface area contributed by atoms with Gasteiger partial charge < -0.3 is 25.0 Å². The molecule has 0 aliphatic carbocycles. The van der Waals surface area contributed by atoms with Gasteiger partial charge in [-0.3, -0.25) is 4.79 Å². The predicted molar refractivity (Wildman–Crippen MR) is 142 cm³/mol. The van der Waals surface area contributed by atoms with Gasteiger partial charge >= 0.3 is 6.09 Å². The minimum absolute atomic E-state index is 0.00634. The van der Waals surface area contributed by atoms with Crippen molar-refractivity contribution in [3.63, 3.8) is 0 Å². The summed E-state index contributed by atoms with van der Waals surface area (Å²) in [6.07, 6.45) is 4.41. The van der Waals surface area contributed by atoms with Crippen LogP contribution >= 0.6 is 11.3 Å². The number of hydrogen-bond donors (Lipinski definition) is 2. The van der Waals surface area contributed by atoms with Gasteiger partial charge in [0.25, 0.3) is 5.91 Å². The molecule has 0 saturated carbocycles. The molecule has 3 aromatic heterocycles. The van der Waals surface area contributed by atoms with Gasteiger partial charge in [0.2, 0.25) is 0 Å². The molecule has 0 radical (unpaired) electrons. The molecule has 12 heteroatoms. The van der Waals surface area contributed by atoms with Crippen molar-refractivity contribution in [1.29, 1.82) is 0 Å². The Morgan fingerprint density at radius 1 is 1.22 bits per heavy atom. The van der Waals surface area contributed by atoms with Crippen LogP contribution in [0.1, 0.15) is 51.0 Å². The Kier molecular flexibility index (Phi) is 8.28. The van der Waals surface area contributed by atoms with Gasteiger partial charge in [-0.1, -0.05) is 20.8 Å². The van der Waals surface area contributed by atoms with E-state index in [1.807, 2.05) is 11.6 Å². The molecule has 1 saturated heterocycles. The number of likely N-dealkylation sites (tertiary alicyclic amines) is 1. The zero-order chi connectivity index (χ0) is 26.6. The lowest BCUT2D eigenvalue weighted by atomic mass is 9.88. The Labute approximate surface area is 220 Å². The first-order valence-corrected chi connectivity index (χ1v) is 13.3. The van der Waals surface area contributed by atoms with Gasteiger partial charge in [-0.15, -0.1) is 11.3 Å². The molecule has 0 unspecified atom stereocenters.